The first-order chi connectivity index (χ1) is 8.83. The second-order valence-electron chi connectivity index (χ2n) is 5.67. The average molecular weight is 281 g/mol. The summed E-state index contributed by atoms with van der Waals surface area (Å²) in [7, 11) is -3.39. The molecule has 1 aromatic carbocycles. The Morgan fingerprint density at radius 2 is 1.58 bits per heavy atom. The number of nitrogens with one attached hydrogen (secondary N) is 1. The molecule has 0 heterocycles. The summed E-state index contributed by atoms with van der Waals surface area (Å²) < 4.78 is 27.9. The van der Waals surface area contributed by atoms with Crippen LogP contribution in [0, 0.1) is 27.7 Å². The summed E-state index contributed by atoms with van der Waals surface area (Å²) in [4.78, 5) is 0.444. The molecule has 3 nitrogen and oxygen atoms in total. The van der Waals surface area contributed by atoms with Crippen LogP contribution in [0.3, 0.4) is 0 Å². The van der Waals surface area contributed by atoms with Gasteiger partial charge in [-0.3, -0.25) is 0 Å². The van der Waals surface area contributed by atoms with Gasteiger partial charge in [-0.15, -0.1) is 0 Å². The molecule has 0 saturated heterocycles. The first kappa shape index (κ1) is 14.5. The molecule has 2 rings (SSSR count). The maximum atomic E-state index is 12.5. The van der Waals surface area contributed by atoms with E-state index in [-0.39, 0.29) is 6.04 Å². The number of hydrogen-bond acceptors (Lipinski definition) is 2. The number of hydrogen-bond donors (Lipinski definition) is 1. The molecule has 1 N–H and O–H groups in total. The van der Waals surface area contributed by atoms with Crippen LogP contribution in [0.25, 0.3) is 0 Å². The van der Waals surface area contributed by atoms with Crippen LogP contribution >= 0.6 is 0 Å². The molecule has 1 aliphatic carbocycles. The maximum absolute atomic E-state index is 12.5. The van der Waals surface area contributed by atoms with Crippen molar-refractivity contribution in [2.75, 3.05) is 0 Å². The van der Waals surface area contributed by atoms with Gasteiger partial charge in [0.1, 0.15) is 0 Å². The summed E-state index contributed by atoms with van der Waals surface area (Å²) in [6, 6.07) is 1.92. The maximum Gasteiger partial charge on any atom is 0.241 e. The molecule has 0 spiro atoms. The van der Waals surface area contributed by atoms with Crippen LogP contribution in [0.15, 0.2) is 11.0 Å². The zero-order chi connectivity index (χ0) is 14.2. The molecule has 0 radical (unpaired) electrons. The molecule has 0 unspecified atom stereocenters. The SMILES string of the molecule is Cc1cc(S(=O)(=O)NC2CCCC2)c(C)c(C)c1C. The van der Waals surface area contributed by atoms with Crippen molar-refractivity contribution >= 4 is 10.0 Å². The molecule has 1 saturated carbocycles. The summed E-state index contributed by atoms with van der Waals surface area (Å²) in [6.07, 6.45) is 4.17. The van der Waals surface area contributed by atoms with Crippen molar-refractivity contribution in [1.82, 2.24) is 4.72 Å². The van der Waals surface area contributed by atoms with Gasteiger partial charge in [0.05, 0.1) is 4.90 Å². The predicted molar refractivity (Wildman–Crippen MR) is 78.0 cm³/mol. The molecule has 1 aromatic rings. The summed E-state index contributed by atoms with van der Waals surface area (Å²) in [5.41, 5.74) is 4.16. The van der Waals surface area contributed by atoms with Crippen LogP contribution in [0.2, 0.25) is 0 Å². The Morgan fingerprint density at radius 3 is 2.16 bits per heavy atom. The van der Waals surface area contributed by atoms with Crippen molar-refractivity contribution in [1.29, 1.82) is 0 Å². The second kappa shape index (κ2) is 5.25. The van der Waals surface area contributed by atoms with Gasteiger partial charge < -0.3 is 0 Å². The van der Waals surface area contributed by atoms with Gasteiger partial charge in [0.2, 0.25) is 10.0 Å². The second-order valence-corrected chi connectivity index (χ2v) is 7.35. The highest BCUT2D eigenvalue weighted by Gasteiger charge is 2.25. The van der Waals surface area contributed by atoms with E-state index in [9.17, 15) is 8.42 Å². The van der Waals surface area contributed by atoms with E-state index in [1.165, 1.54) is 5.56 Å². The van der Waals surface area contributed by atoms with Crippen LogP contribution < -0.4 is 4.72 Å². The first-order valence-electron chi connectivity index (χ1n) is 6.92. The molecule has 106 valence electrons. The van der Waals surface area contributed by atoms with Crippen LogP contribution in [-0.4, -0.2) is 14.5 Å². The third-order valence-corrected chi connectivity index (χ3v) is 6.05. The molecule has 1 aliphatic rings. The van der Waals surface area contributed by atoms with E-state index in [0.29, 0.717) is 4.90 Å². The van der Waals surface area contributed by atoms with Crippen molar-refractivity contribution < 1.29 is 8.42 Å². The number of aryl methyl sites for hydroxylation is 1. The predicted octanol–water partition coefficient (Wildman–Crippen LogP) is 3.14. The van der Waals surface area contributed by atoms with Crippen LogP contribution in [0.5, 0.6) is 0 Å². The van der Waals surface area contributed by atoms with Gasteiger partial charge in [-0.2, -0.15) is 0 Å². The summed E-state index contributed by atoms with van der Waals surface area (Å²) in [6.45, 7) is 7.89. The molecule has 0 bridgehead atoms. The zero-order valence-corrected chi connectivity index (χ0v) is 13.0. The zero-order valence-electron chi connectivity index (χ0n) is 12.2. The highest BCUT2D eigenvalue weighted by atomic mass is 32.2. The van der Waals surface area contributed by atoms with Gasteiger partial charge in [-0.05, 0) is 68.9 Å². The van der Waals surface area contributed by atoms with Crippen LogP contribution in [0.4, 0.5) is 0 Å². The Kier molecular flexibility index (Phi) is 4.02. The van der Waals surface area contributed by atoms with Gasteiger partial charge in [-0.25, -0.2) is 13.1 Å². The van der Waals surface area contributed by atoms with Gasteiger partial charge in [0.25, 0.3) is 0 Å². The average Bonchev–Trinajstić information content (AvgIpc) is 2.83. The van der Waals surface area contributed by atoms with Crippen molar-refractivity contribution in [2.24, 2.45) is 0 Å². The van der Waals surface area contributed by atoms with E-state index in [1.807, 2.05) is 27.7 Å². The van der Waals surface area contributed by atoms with Crippen molar-refractivity contribution in [3.05, 3.63) is 28.3 Å². The third kappa shape index (κ3) is 2.84. The van der Waals surface area contributed by atoms with Gasteiger partial charge in [0.15, 0.2) is 0 Å². The van der Waals surface area contributed by atoms with Crippen molar-refractivity contribution in [3.63, 3.8) is 0 Å². The molecule has 0 aliphatic heterocycles. The van der Waals surface area contributed by atoms with Gasteiger partial charge in [-0.1, -0.05) is 12.8 Å². The lowest BCUT2D eigenvalue weighted by molar-refractivity contribution is 0.551. The minimum atomic E-state index is -3.39. The fourth-order valence-corrected chi connectivity index (χ4v) is 4.47. The first-order valence-corrected chi connectivity index (χ1v) is 8.41. The van der Waals surface area contributed by atoms with E-state index in [0.717, 1.165) is 42.4 Å². The van der Waals surface area contributed by atoms with Crippen molar-refractivity contribution in [2.45, 2.75) is 64.3 Å². The van der Waals surface area contributed by atoms with E-state index in [4.69, 9.17) is 0 Å². The molecule has 4 heteroatoms. The fraction of sp³-hybridized carbons (Fsp3) is 0.600. The Bertz CT molecular complexity index is 585. The lowest BCUT2D eigenvalue weighted by Gasteiger charge is -2.17. The van der Waals surface area contributed by atoms with Crippen molar-refractivity contribution in [3.8, 4) is 0 Å². The van der Waals surface area contributed by atoms with Gasteiger partial charge in [0, 0.05) is 6.04 Å². The quantitative estimate of drug-likeness (QED) is 0.925. The molecule has 1 fully saturated rings. The minimum Gasteiger partial charge on any atom is -0.208 e. The third-order valence-electron chi connectivity index (χ3n) is 4.40. The summed E-state index contributed by atoms with van der Waals surface area (Å²) in [5.74, 6) is 0. The molecular weight excluding hydrogens is 258 g/mol. The topological polar surface area (TPSA) is 46.2 Å². The van der Waals surface area contributed by atoms with Crippen LogP contribution in [-0.2, 0) is 10.0 Å². The van der Waals surface area contributed by atoms with Crippen LogP contribution in [0.1, 0.15) is 47.9 Å². The minimum absolute atomic E-state index is 0.117. The highest BCUT2D eigenvalue weighted by Crippen LogP contribution is 2.26. The molecule has 0 atom stereocenters. The molecule has 19 heavy (non-hydrogen) atoms. The highest BCUT2D eigenvalue weighted by molar-refractivity contribution is 7.89. The summed E-state index contributed by atoms with van der Waals surface area (Å²) in [5, 5.41) is 0. The Hall–Kier alpha value is -0.870. The lowest BCUT2D eigenvalue weighted by atomic mass is 10.00. The number of rotatable bonds is 3. The molecule has 0 aromatic heterocycles. The Balaban J connectivity index is 2.40. The van der Waals surface area contributed by atoms with Gasteiger partial charge >= 0.3 is 0 Å². The Labute approximate surface area is 116 Å². The number of benzene rings is 1. The molecular formula is C15H23NO2S. The number of sulfonamides is 1. The van der Waals surface area contributed by atoms with E-state index in [1.54, 1.807) is 6.07 Å². The monoisotopic (exact) mass is 281 g/mol. The normalized spacial score (nSPS) is 17.1. The fourth-order valence-electron chi connectivity index (χ4n) is 2.78. The lowest BCUT2D eigenvalue weighted by Crippen LogP contribution is -2.33. The van der Waals surface area contributed by atoms with E-state index < -0.39 is 10.0 Å². The molecule has 0 amide bonds. The Morgan fingerprint density at radius 1 is 1.00 bits per heavy atom. The summed E-state index contributed by atoms with van der Waals surface area (Å²) >= 11 is 0. The van der Waals surface area contributed by atoms with E-state index in [2.05, 4.69) is 4.72 Å². The smallest absolute Gasteiger partial charge is 0.208 e. The largest absolute Gasteiger partial charge is 0.241 e. The standard InChI is InChI=1S/C15H23NO2S/c1-10-9-15(13(4)12(3)11(10)2)19(17,18)16-14-7-5-6-8-14/h9,14,16H,5-8H2,1-4H3. The van der Waals surface area contributed by atoms with E-state index >= 15 is 0 Å².